The summed E-state index contributed by atoms with van der Waals surface area (Å²) in [5, 5.41) is 6.87. The molecule has 0 radical (unpaired) electrons. The van der Waals surface area contributed by atoms with E-state index >= 15 is 0 Å². The maximum Gasteiger partial charge on any atom is 0.417 e. The van der Waals surface area contributed by atoms with Crippen molar-refractivity contribution in [1.82, 2.24) is 4.98 Å². The van der Waals surface area contributed by atoms with Gasteiger partial charge in [0.05, 0.1) is 10.6 Å². The minimum absolute atomic E-state index is 0.0141. The van der Waals surface area contributed by atoms with Gasteiger partial charge in [-0.1, -0.05) is 11.6 Å². The Hall–Kier alpha value is -1.30. The second-order valence-corrected chi connectivity index (χ2v) is 2.43. The van der Waals surface area contributed by atoms with Gasteiger partial charge in [0.2, 0.25) is 0 Å². The molecule has 0 fully saturated rings. The molecular formula is C7H5ClF3NO2. The van der Waals surface area contributed by atoms with E-state index in [0.29, 0.717) is 0 Å². The van der Waals surface area contributed by atoms with Gasteiger partial charge in [0, 0.05) is 12.4 Å². The molecule has 1 heterocycles. The molecule has 14 heavy (non-hydrogen) atoms. The minimum Gasteiger partial charge on any atom is -0.483 e. The molecule has 1 N–H and O–H groups in total. The van der Waals surface area contributed by atoms with Gasteiger partial charge in [-0.2, -0.15) is 13.2 Å². The first-order valence-corrected chi connectivity index (χ1v) is 3.55. The lowest BCUT2D eigenvalue weighted by atomic mass is 10.3. The molecule has 1 aromatic rings. The Morgan fingerprint density at radius 3 is 2.21 bits per heavy atom. The summed E-state index contributed by atoms with van der Waals surface area (Å²) in [4.78, 5) is 11.7. The lowest BCUT2D eigenvalue weighted by Gasteiger charge is -2.04. The average Bonchev–Trinajstić information content (AvgIpc) is 2.04. The third-order valence-electron chi connectivity index (χ3n) is 1.03. The van der Waals surface area contributed by atoms with Crippen molar-refractivity contribution < 1.29 is 23.1 Å². The Labute approximate surface area is 82.1 Å². The maximum atomic E-state index is 11.9. The Bertz CT molecular complexity index is 303. The zero-order chi connectivity index (χ0) is 11.2. The van der Waals surface area contributed by atoms with Gasteiger partial charge in [-0.15, -0.1) is 0 Å². The van der Waals surface area contributed by atoms with Crippen molar-refractivity contribution in [3.8, 4) is 0 Å². The molecule has 7 heteroatoms. The van der Waals surface area contributed by atoms with Gasteiger partial charge in [0.15, 0.2) is 0 Å². The fraction of sp³-hybridized carbons (Fsp3) is 0.143. The Kier molecular flexibility index (Phi) is 4.93. The number of aromatic nitrogens is 1. The number of rotatable bonds is 0. The molecule has 0 saturated heterocycles. The third-order valence-corrected chi connectivity index (χ3v) is 1.24. The van der Waals surface area contributed by atoms with Crippen LogP contribution in [0.5, 0.6) is 0 Å². The summed E-state index contributed by atoms with van der Waals surface area (Å²) < 4.78 is 35.6. The summed E-state index contributed by atoms with van der Waals surface area (Å²) in [6, 6.07) is 0.828. The molecule has 1 rings (SSSR count). The van der Waals surface area contributed by atoms with E-state index in [1.807, 2.05) is 0 Å². The summed E-state index contributed by atoms with van der Waals surface area (Å²) in [6.07, 6.45) is -2.49. The number of carbonyl (C=O) groups is 1. The monoisotopic (exact) mass is 227 g/mol. The molecule has 0 amide bonds. The predicted octanol–water partition coefficient (Wildman–Crippen LogP) is 2.45. The van der Waals surface area contributed by atoms with E-state index in [9.17, 15) is 13.2 Å². The summed E-state index contributed by atoms with van der Waals surface area (Å²) in [5.41, 5.74) is -0.829. The van der Waals surface area contributed by atoms with Crippen LogP contribution in [-0.2, 0) is 11.0 Å². The van der Waals surface area contributed by atoms with Crippen LogP contribution < -0.4 is 0 Å². The van der Waals surface area contributed by atoms with Gasteiger partial charge in [-0.05, 0) is 6.07 Å². The molecule has 0 aliphatic heterocycles. The summed E-state index contributed by atoms with van der Waals surface area (Å²) in [6.45, 7) is -0.250. The summed E-state index contributed by atoms with van der Waals surface area (Å²) in [7, 11) is 0. The average molecular weight is 228 g/mol. The molecule has 0 bridgehead atoms. The number of alkyl halides is 3. The number of carboxylic acid groups (broad SMARTS) is 1. The second kappa shape index (κ2) is 5.43. The lowest BCUT2D eigenvalue weighted by Crippen LogP contribution is -2.04. The Morgan fingerprint density at radius 2 is 1.93 bits per heavy atom. The van der Waals surface area contributed by atoms with Crippen LogP contribution in [0.4, 0.5) is 13.2 Å². The number of nitrogens with zero attached hydrogens (tertiary/aromatic N) is 1. The number of hydrogen-bond donors (Lipinski definition) is 1. The molecule has 0 aliphatic carbocycles. The topological polar surface area (TPSA) is 50.2 Å². The molecular weight excluding hydrogens is 223 g/mol. The van der Waals surface area contributed by atoms with Crippen molar-refractivity contribution in [2.75, 3.05) is 0 Å². The first-order chi connectivity index (χ1) is 6.41. The first kappa shape index (κ1) is 12.7. The molecule has 78 valence electrons. The van der Waals surface area contributed by atoms with Gasteiger partial charge in [0.25, 0.3) is 6.47 Å². The van der Waals surface area contributed by atoms with E-state index in [2.05, 4.69) is 4.98 Å². The van der Waals surface area contributed by atoms with Crippen LogP contribution in [-0.4, -0.2) is 16.6 Å². The number of halogens is 4. The minimum atomic E-state index is -4.36. The highest BCUT2D eigenvalue weighted by Crippen LogP contribution is 2.29. The highest BCUT2D eigenvalue weighted by atomic mass is 35.5. The molecule has 0 atom stereocenters. The third kappa shape index (κ3) is 4.66. The van der Waals surface area contributed by atoms with Gasteiger partial charge >= 0.3 is 6.18 Å². The molecule has 0 aromatic carbocycles. The zero-order valence-electron chi connectivity index (χ0n) is 6.62. The van der Waals surface area contributed by atoms with Crippen LogP contribution in [0.15, 0.2) is 18.5 Å². The maximum absolute atomic E-state index is 11.9. The van der Waals surface area contributed by atoms with Crippen molar-refractivity contribution in [3.63, 3.8) is 0 Å². The van der Waals surface area contributed by atoms with Gasteiger partial charge in [-0.3, -0.25) is 9.78 Å². The van der Waals surface area contributed by atoms with E-state index in [4.69, 9.17) is 21.5 Å². The first-order valence-electron chi connectivity index (χ1n) is 3.17. The van der Waals surface area contributed by atoms with Gasteiger partial charge in [-0.25, -0.2) is 0 Å². The SMILES string of the molecule is FC(F)(F)c1cncc(Cl)c1.O=CO. The molecule has 1 aromatic heterocycles. The van der Waals surface area contributed by atoms with Crippen LogP contribution in [0.3, 0.4) is 0 Å². The van der Waals surface area contributed by atoms with E-state index in [1.54, 1.807) is 0 Å². The van der Waals surface area contributed by atoms with Gasteiger partial charge < -0.3 is 5.11 Å². The number of hydrogen-bond acceptors (Lipinski definition) is 2. The van der Waals surface area contributed by atoms with E-state index in [1.165, 1.54) is 0 Å². The van der Waals surface area contributed by atoms with E-state index in [0.717, 1.165) is 18.5 Å². The normalized spacial score (nSPS) is 10.0. The fourth-order valence-corrected chi connectivity index (χ4v) is 0.741. The van der Waals surface area contributed by atoms with Crippen LogP contribution in [0.25, 0.3) is 0 Å². The van der Waals surface area contributed by atoms with Crippen molar-refractivity contribution in [2.24, 2.45) is 0 Å². The highest BCUT2D eigenvalue weighted by molar-refractivity contribution is 6.30. The van der Waals surface area contributed by atoms with E-state index in [-0.39, 0.29) is 11.5 Å². The zero-order valence-corrected chi connectivity index (χ0v) is 7.38. The predicted molar refractivity (Wildman–Crippen MR) is 42.9 cm³/mol. The fourth-order valence-electron chi connectivity index (χ4n) is 0.567. The van der Waals surface area contributed by atoms with Crippen molar-refractivity contribution in [3.05, 3.63) is 29.0 Å². The van der Waals surface area contributed by atoms with Crippen molar-refractivity contribution in [1.29, 1.82) is 0 Å². The van der Waals surface area contributed by atoms with Crippen LogP contribution in [0.2, 0.25) is 5.02 Å². The van der Waals surface area contributed by atoms with E-state index < -0.39 is 11.7 Å². The highest BCUT2D eigenvalue weighted by Gasteiger charge is 2.30. The van der Waals surface area contributed by atoms with Crippen LogP contribution >= 0.6 is 11.6 Å². The second-order valence-electron chi connectivity index (χ2n) is 2.00. The van der Waals surface area contributed by atoms with Gasteiger partial charge in [0.1, 0.15) is 0 Å². The van der Waals surface area contributed by atoms with Crippen molar-refractivity contribution >= 4 is 18.1 Å². The standard InChI is InChI=1S/C6H3ClF3N.CH2O2/c7-5-1-4(2-11-3-5)6(8,9)10;2-1-3/h1-3H;1H,(H,2,3). The molecule has 0 saturated carbocycles. The van der Waals surface area contributed by atoms with Crippen LogP contribution in [0, 0.1) is 0 Å². The summed E-state index contributed by atoms with van der Waals surface area (Å²) >= 11 is 5.29. The Morgan fingerprint density at radius 1 is 1.43 bits per heavy atom. The van der Waals surface area contributed by atoms with Crippen LogP contribution in [0.1, 0.15) is 5.56 Å². The summed E-state index contributed by atoms with van der Waals surface area (Å²) in [5.74, 6) is 0. The molecule has 0 spiro atoms. The van der Waals surface area contributed by atoms with Crippen molar-refractivity contribution in [2.45, 2.75) is 6.18 Å². The molecule has 0 aliphatic rings. The molecule has 0 unspecified atom stereocenters. The number of pyridine rings is 1. The Balaban J connectivity index is 0.000000500. The quantitative estimate of drug-likeness (QED) is 0.693. The molecule has 3 nitrogen and oxygen atoms in total. The largest absolute Gasteiger partial charge is 0.483 e. The lowest BCUT2D eigenvalue weighted by molar-refractivity contribution is -0.137. The smallest absolute Gasteiger partial charge is 0.417 e.